The molecule has 0 atom stereocenters. The monoisotopic (exact) mass is 497 g/mol. The van der Waals surface area contributed by atoms with Crippen LogP contribution in [0.4, 0.5) is 14.5 Å². The van der Waals surface area contributed by atoms with Crippen LogP contribution in [0.15, 0.2) is 65.8 Å². The highest BCUT2D eigenvalue weighted by Crippen LogP contribution is 2.30. The van der Waals surface area contributed by atoms with Crippen molar-refractivity contribution in [3.8, 4) is 17.4 Å². The van der Waals surface area contributed by atoms with Crippen molar-refractivity contribution in [3.05, 3.63) is 78.1 Å². The molecule has 0 aliphatic heterocycles. The highest BCUT2D eigenvalue weighted by atomic mass is 32.2. The van der Waals surface area contributed by atoms with Crippen LogP contribution in [0.5, 0.6) is 17.4 Å². The lowest BCUT2D eigenvalue weighted by atomic mass is 10.2. The zero-order valence-corrected chi connectivity index (χ0v) is 19.2. The van der Waals surface area contributed by atoms with Gasteiger partial charge in [-0.25, -0.2) is 22.2 Å². The van der Waals surface area contributed by atoms with E-state index < -0.39 is 21.7 Å². The van der Waals surface area contributed by atoms with E-state index in [-0.39, 0.29) is 38.9 Å². The molecule has 2 aromatic heterocycles. The summed E-state index contributed by atoms with van der Waals surface area (Å²) in [5, 5.41) is 7.74. The van der Waals surface area contributed by atoms with Gasteiger partial charge in [0.2, 0.25) is 5.65 Å². The molecule has 178 valence electrons. The summed E-state index contributed by atoms with van der Waals surface area (Å²) in [5.74, 6) is -1.53. The topological polar surface area (TPSA) is 108 Å². The molecule has 0 fully saturated rings. The average Bonchev–Trinajstić information content (AvgIpc) is 3.32. The normalized spacial score (nSPS) is 11.7. The number of sulfonamides is 1. The molecule has 3 aromatic carbocycles. The number of hydrogen-bond acceptors (Lipinski definition) is 7. The molecular weight excluding hydrogens is 480 g/mol. The van der Waals surface area contributed by atoms with Gasteiger partial charge in [-0.15, -0.1) is 10.2 Å². The van der Waals surface area contributed by atoms with E-state index in [1.54, 1.807) is 19.1 Å². The first kappa shape index (κ1) is 22.5. The van der Waals surface area contributed by atoms with Crippen molar-refractivity contribution in [2.24, 2.45) is 0 Å². The predicted molar refractivity (Wildman–Crippen MR) is 123 cm³/mol. The number of anilines is 1. The van der Waals surface area contributed by atoms with Crippen molar-refractivity contribution in [2.45, 2.75) is 11.8 Å². The molecule has 0 saturated heterocycles. The lowest BCUT2D eigenvalue weighted by Gasteiger charge is -2.13. The zero-order chi connectivity index (χ0) is 24.7. The van der Waals surface area contributed by atoms with E-state index in [0.717, 1.165) is 17.7 Å². The molecule has 0 saturated carbocycles. The molecule has 5 rings (SSSR count). The summed E-state index contributed by atoms with van der Waals surface area (Å²) >= 11 is 0. The molecule has 1 N–H and O–H groups in total. The molecule has 0 radical (unpaired) electrons. The van der Waals surface area contributed by atoms with Crippen LogP contribution in [0.2, 0.25) is 0 Å². The first-order chi connectivity index (χ1) is 16.7. The molecule has 12 heteroatoms. The number of hydrogen-bond donors (Lipinski definition) is 1. The van der Waals surface area contributed by atoms with E-state index in [9.17, 15) is 17.2 Å². The summed E-state index contributed by atoms with van der Waals surface area (Å²) in [7, 11) is -2.52. The first-order valence-corrected chi connectivity index (χ1v) is 11.7. The quantitative estimate of drug-likeness (QED) is 0.369. The van der Waals surface area contributed by atoms with Gasteiger partial charge in [0.1, 0.15) is 22.7 Å². The summed E-state index contributed by atoms with van der Waals surface area (Å²) in [5.41, 5.74) is 1.66. The Morgan fingerprint density at radius 2 is 1.74 bits per heavy atom. The largest absolute Gasteiger partial charge is 0.495 e. The Morgan fingerprint density at radius 1 is 1.00 bits per heavy atom. The highest BCUT2D eigenvalue weighted by molar-refractivity contribution is 7.92. The Bertz CT molecular complexity index is 1690. The van der Waals surface area contributed by atoms with Gasteiger partial charge in [-0.1, -0.05) is 6.07 Å². The van der Waals surface area contributed by atoms with Crippen LogP contribution in [-0.2, 0) is 10.0 Å². The van der Waals surface area contributed by atoms with Crippen molar-refractivity contribution in [3.63, 3.8) is 0 Å². The third-order valence-corrected chi connectivity index (χ3v) is 6.57. The van der Waals surface area contributed by atoms with Gasteiger partial charge in [0.05, 0.1) is 18.1 Å². The molecule has 35 heavy (non-hydrogen) atoms. The maximum Gasteiger partial charge on any atom is 0.266 e. The first-order valence-electron chi connectivity index (χ1n) is 10.2. The van der Waals surface area contributed by atoms with Crippen LogP contribution >= 0.6 is 0 Å². The van der Waals surface area contributed by atoms with E-state index in [4.69, 9.17) is 9.47 Å². The van der Waals surface area contributed by atoms with E-state index >= 15 is 0 Å². The number of benzene rings is 3. The lowest BCUT2D eigenvalue weighted by Crippen LogP contribution is -2.14. The van der Waals surface area contributed by atoms with E-state index in [1.807, 2.05) is 0 Å². The summed E-state index contributed by atoms with van der Waals surface area (Å²) in [6.45, 7) is 1.78. The van der Waals surface area contributed by atoms with Gasteiger partial charge < -0.3 is 9.47 Å². The molecular formula is C23H17F2N5O4S. The van der Waals surface area contributed by atoms with Gasteiger partial charge in [-0.2, -0.15) is 0 Å². The van der Waals surface area contributed by atoms with Crippen LogP contribution < -0.4 is 14.2 Å². The number of aromatic nitrogens is 4. The van der Waals surface area contributed by atoms with Gasteiger partial charge in [-0.05, 0) is 48.9 Å². The molecule has 9 nitrogen and oxygen atoms in total. The number of nitrogens with zero attached hydrogens (tertiary/aromatic N) is 4. The molecule has 0 amide bonds. The number of fused-ring (bicyclic) bond motifs is 3. The maximum atomic E-state index is 13.7. The molecule has 0 aliphatic carbocycles. The fourth-order valence-corrected chi connectivity index (χ4v) is 4.81. The van der Waals surface area contributed by atoms with Crippen LogP contribution in [0, 0.1) is 18.6 Å². The molecule has 2 heterocycles. The summed E-state index contributed by atoms with van der Waals surface area (Å²) in [6, 6.07) is 12.9. The van der Waals surface area contributed by atoms with Crippen LogP contribution in [0.25, 0.3) is 16.7 Å². The van der Waals surface area contributed by atoms with E-state index in [0.29, 0.717) is 5.75 Å². The Hall–Kier alpha value is -4.32. The minimum atomic E-state index is -3.92. The molecule has 0 spiro atoms. The summed E-state index contributed by atoms with van der Waals surface area (Å²) < 4.78 is 68.2. The Labute approximate surface area is 198 Å². The SMILES string of the molecule is COc1ccc(C)cc1S(=O)(=O)Nc1ccc(Oc2nc3cc(F)c(F)cc3n3cnnc23)cc1. The Morgan fingerprint density at radius 3 is 2.49 bits per heavy atom. The maximum absolute atomic E-state index is 13.7. The average molecular weight is 497 g/mol. The van der Waals surface area contributed by atoms with Gasteiger partial charge in [-0.3, -0.25) is 9.12 Å². The van der Waals surface area contributed by atoms with Gasteiger partial charge in [0.25, 0.3) is 15.9 Å². The minimum absolute atomic E-state index is 0.0126. The third kappa shape index (κ3) is 4.19. The number of aryl methyl sites for hydroxylation is 1. The number of nitrogens with one attached hydrogen (secondary N) is 1. The van der Waals surface area contributed by atoms with Crippen LogP contribution in [0.3, 0.4) is 0 Å². The Balaban J connectivity index is 1.43. The molecule has 0 unspecified atom stereocenters. The standard InChI is InChI=1S/C23H17F2N5O4S/c1-13-3-8-20(33-2)21(9-13)35(31,32)29-14-4-6-15(7-5-14)34-23-22-28-26-12-30(22)19-11-17(25)16(24)10-18(19)27-23/h3-12,29H,1-2H3. The minimum Gasteiger partial charge on any atom is -0.495 e. The van der Waals surface area contributed by atoms with E-state index in [1.165, 1.54) is 48.2 Å². The molecule has 0 bridgehead atoms. The van der Waals surface area contributed by atoms with Crippen LogP contribution in [0.1, 0.15) is 5.56 Å². The second-order valence-corrected chi connectivity index (χ2v) is 9.23. The fourth-order valence-electron chi connectivity index (χ4n) is 3.50. The Kier molecular flexibility index (Phi) is 5.44. The van der Waals surface area contributed by atoms with E-state index in [2.05, 4.69) is 19.9 Å². The zero-order valence-electron chi connectivity index (χ0n) is 18.4. The third-order valence-electron chi connectivity index (χ3n) is 5.17. The molecule has 0 aliphatic rings. The lowest BCUT2D eigenvalue weighted by molar-refractivity contribution is 0.402. The van der Waals surface area contributed by atoms with Crippen molar-refractivity contribution < 1.29 is 26.7 Å². The summed E-state index contributed by atoms with van der Waals surface area (Å²) in [4.78, 5) is 4.26. The van der Waals surface area contributed by atoms with Crippen molar-refractivity contribution in [1.29, 1.82) is 0 Å². The number of rotatable bonds is 6. The van der Waals surface area contributed by atoms with Crippen molar-refractivity contribution in [2.75, 3.05) is 11.8 Å². The van der Waals surface area contributed by atoms with Gasteiger partial charge in [0.15, 0.2) is 11.6 Å². The second-order valence-electron chi connectivity index (χ2n) is 7.58. The fraction of sp³-hybridized carbons (Fsp3) is 0.0870. The number of ether oxygens (including phenoxy) is 2. The molecule has 5 aromatic rings. The van der Waals surface area contributed by atoms with Crippen molar-refractivity contribution >= 4 is 32.4 Å². The number of halogens is 2. The van der Waals surface area contributed by atoms with Crippen molar-refractivity contribution in [1.82, 2.24) is 19.6 Å². The predicted octanol–water partition coefficient (Wildman–Crippen LogP) is 4.47. The van der Waals surface area contributed by atoms with Crippen LogP contribution in [-0.4, -0.2) is 35.1 Å². The number of methoxy groups -OCH3 is 1. The van der Waals surface area contributed by atoms with Gasteiger partial charge in [0, 0.05) is 17.8 Å². The summed E-state index contributed by atoms with van der Waals surface area (Å²) in [6.07, 6.45) is 1.33. The second kappa shape index (κ2) is 8.47. The highest BCUT2D eigenvalue weighted by Gasteiger charge is 2.20. The van der Waals surface area contributed by atoms with Gasteiger partial charge >= 0.3 is 0 Å². The smallest absolute Gasteiger partial charge is 0.266 e.